The Morgan fingerprint density at radius 2 is 1.28 bits per heavy atom. The maximum Gasteiger partial charge on any atom is 0.155 e. The zero-order valence-electron chi connectivity index (χ0n) is 40.4. The molecule has 0 atom stereocenters. The third-order valence-electron chi connectivity index (χ3n) is 10.6. The molecule has 0 radical (unpaired) electrons. The molecular formula is C54H61Cl3N4O5S2. The van der Waals surface area contributed by atoms with Gasteiger partial charge in [-0.1, -0.05) is 113 Å². The van der Waals surface area contributed by atoms with E-state index in [9.17, 15) is 10.5 Å². The highest BCUT2D eigenvalue weighted by Gasteiger charge is 2.28. The molecule has 0 unspecified atom stereocenters. The van der Waals surface area contributed by atoms with Crippen LogP contribution in [0.25, 0.3) is 0 Å². The summed E-state index contributed by atoms with van der Waals surface area (Å²) in [5.74, 6) is 4.30. The number of halogens is 3. The molecule has 1 N–H and O–H groups in total. The van der Waals surface area contributed by atoms with Crippen LogP contribution in [-0.4, -0.2) is 55.1 Å². The number of allylic oxidation sites excluding steroid dienone is 2. The molecule has 0 fully saturated rings. The molecule has 9 nitrogen and oxygen atoms in total. The topological polar surface area (TPSA) is 118 Å². The molecule has 0 aliphatic rings. The van der Waals surface area contributed by atoms with Crippen molar-refractivity contribution in [3.8, 4) is 35.1 Å². The van der Waals surface area contributed by atoms with Gasteiger partial charge in [-0.3, -0.25) is 0 Å². The lowest BCUT2D eigenvalue weighted by Crippen LogP contribution is -2.20. The van der Waals surface area contributed by atoms with Crippen molar-refractivity contribution in [3.63, 3.8) is 0 Å². The molecule has 68 heavy (non-hydrogen) atoms. The van der Waals surface area contributed by atoms with E-state index in [0.29, 0.717) is 80.9 Å². The number of aliphatic imine (C=N–C) groups is 1. The van der Waals surface area contributed by atoms with Gasteiger partial charge in [0.05, 0.1) is 38.6 Å². The average molecular weight is 1020 g/mol. The first-order chi connectivity index (χ1) is 32.4. The van der Waals surface area contributed by atoms with Crippen molar-refractivity contribution < 1.29 is 23.7 Å². The van der Waals surface area contributed by atoms with E-state index in [0.717, 1.165) is 51.4 Å². The van der Waals surface area contributed by atoms with Gasteiger partial charge in [0.25, 0.3) is 0 Å². The number of thiocarbonyl (C=S) groups is 1. The van der Waals surface area contributed by atoms with Gasteiger partial charge in [-0.25, -0.2) is 4.99 Å². The number of benzene rings is 4. The van der Waals surface area contributed by atoms with Gasteiger partial charge >= 0.3 is 0 Å². The van der Waals surface area contributed by atoms with Gasteiger partial charge in [-0.15, -0.1) is 23.2 Å². The van der Waals surface area contributed by atoms with Crippen molar-refractivity contribution in [1.82, 2.24) is 5.32 Å². The number of alkyl halides is 2. The van der Waals surface area contributed by atoms with Gasteiger partial charge in [0.15, 0.2) is 10.8 Å². The van der Waals surface area contributed by atoms with Crippen molar-refractivity contribution >= 4 is 69.5 Å². The summed E-state index contributed by atoms with van der Waals surface area (Å²) in [6.07, 6.45) is 8.30. The summed E-state index contributed by atoms with van der Waals surface area (Å²) in [5.41, 5.74) is 6.02. The predicted octanol–water partition coefficient (Wildman–Crippen LogP) is 14.2. The van der Waals surface area contributed by atoms with E-state index in [1.807, 2.05) is 105 Å². The van der Waals surface area contributed by atoms with Crippen LogP contribution in [0.5, 0.6) is 23.0 Å². The lowest BCUT2D eigenvalue weighted by atomic mass is 9.77. The summed E-state index contributed by atoms with van der Waals surface area (Å²) in [5, 5.41) is 23.3. The molecule has 14 heteroatoms. The van der Waals surface area contributed by atoms with Crippen molar-refractivity contribution in [2.45, 2.75) is 72.6 Å². The van der Waals surface area contributed by atoms with Gasteiger partial charge in [0, 0.05) is 10.8 Å². The minimum atomic E-state index is -0.396. The maximum absolute atomic E-state index is 9.76. The first-order valence-corrected chi connectivity index (χ1v) is 24.9. The fraction of sp³-hybridized carbons (Fsp3) is 0.333. The zero-order valence-corrected chi connectivity index (χ0v) is 44.3. The molecular weight excluding hydrogens is 955 g/mol. The van der Waals surface area contributed by atoms with Crippen molar-refractivity contribution in [2.75, 3.05) is 44.4 Å². The number of aryl methyl sites for hydroxylation is 1. The summed E-state index contributed by atoms with van der Waals surface area (Å²) < 4.78 is 28.8. The Morgan fingerprint density at radius 1 is 0.779 bits per heavy atom. The summed E-state index contributed by atoms with van der Waals surface area (Å²) >= 11 is 24.4. The lowest BCUT2D eigenvalue weighted by Gasteiger charge is -2.28. The molecule has 0 spiro atoms. The Bertz CT molecular complexity index is 2540. The van der Waals surface area contributed by atoms with Gasteiger partial charge in [-0.05, 0) is 122 Å². The number of nitrogens with one attached hydrogen (secondary N) is 1. The maximum atomic E-state index is 9.76. The minimum absolute atomic E-state index is 0.283. The molecule has 0 saturated heterocycles. The second kappa shape index (κ2) is 28.2. The Kier molecular flexibility index (Phi) is 23.6. The second-order valence-corrected chi connectivity index (χ2v) is 18.7. The highest BCUT2D eigenvalue weighted by atomic mass is 35.5. The number of thioether (sulfide) groups is 1. The van der Waals surface area contributed by atoms with Crippen molar-refractivity contribution in [2.24, 2.45) is 4.99 Å². The van der Waals surface area contributed by atoms with Crippen molar-refractivity contribution in [3.05, 3.63) is 165 Å². The quantitative estimate of drug-likeness (QED) is 0.0333. The SMILES string of the molecule is C=C(/N=C(\C=C/C)COc1ccc(C(C)(C)c2cc(C#N)c(OCCCl)c(CC)c2)cc1)NC(C)=S.C=C(O/C(=C\C)COc1ccc(C(C)(C)c2cc(Cl)c(OCCCl)c(C#N)c2)cc1)SC. The number of nitrogens with zero attached hydrogens (tertiary/aromatic N) is 3. The molecule has 0 aliphatic heterocycles. The summed E-state index contributed by atoms with van der Waals surface area (Å²) in [7, 11) is 0. The van der Waals surface area contributed by atoms with Crippen LogP contribution in [0, 0.1) is 22.7 Å². The van der Waals surface area contributed by atoms with Crippen LogP contribution in [-0.2, 0) is 22.0 Å². The second-order valence-electron chi connectivity index (χ2n) is 16.0. The van der Waals surface area contributed by atoms with Gasteiger partial charge < -0.3 is 29.0 Å². The molecule has 4 aromatic rings. The number of ether oxygens (including phenoxy) is 5. The molecule has 0 aliphatic carbocycles. The molecule has 0 aromatic heterocycles. The summed E-state index contributed by atoms with van der Waals surface area (Å²) in [4.78, 5) is 5.05. The third-order valence-corrected chi connectivity index (χ3v) is 11.8. The van der Waals surface area contributed by atoms with Crippen LogP contribution < -0.4 is 24.3 Å². The molecule has 4 rings (SSSR count). The molecule has 0 heterocycles. The van der Waals surface area contributed by atoms with Gasteiger partial charge in [-0.2, -0.15) is 10.5 Å². The fourth-order valence-electron chi connectivity index (χ4n) is 6.69. The summed E-state index contributed by atoms with van der Waals surface area (Å²) in [6.45, 7) is 25.0. The Balaban J connectivity index is 0.000000363. The number of rotatable bonds is 23. The van der Waals surface area contributed by atoms with E-state index < -0.39 is 5.41 Å². The van der Waals surface area contributed by atoms with Crippen LogP contribution in [0.1, 0.15) is 94.3 Å². The standard InChI is InChI=1S/C29H34ClN3O2S.C25H27Cl2NO3S/c1-7-9-26(33-20(3)32-21(4)36)19-35-27-12-10-24(11-13-27)29(5,6)25-16-22(8-2)28(34-15-14-30)23(17-25)18-31;1-6-21(31-17(2)32-5)16-30-22-9-7-19(8-10-22)25(3,4)20-13-18(15-28)24(23(27)14-20)29-12-11-26/h7,9-13,16-17H,3,8,14-15,19H2,1-2,4-6H3,(H,32,36);6-10,13-14H,2,11-12,16H2,1,3-5H3/b9-7-,33-26+;21-6-. The zero-order chi connectivity index (χ0) is 50.4. The third kappa shape index (κ3) is 16.7. The van der Waals surface area contributed by atoms with E-state index in [2.05, 4.69) is 76.3 Å². The van der Waals surface area contributed by atoms with Crippen molar-refractivity contribution in [1.29, 1.82) is 10.5 Å². The normalized spacial score (nSPS) is 11.7. The minimum Gasteiger partial charge on any atom is -0.491 e. The molecule has 4 aromatic carbocycles. The van der Waals surface area contributed by atoms with E-state index in [1.165, 1.54) is 11.8 Å². The van der Waals surface area contributed by atoms with Gasteiger partial charge in [0.2, 0.25) is 0 Å². The van der Waals surface area contributed by atoms with Crippen LogP contribution in [0.15, 0.2) is 126 Å². The Morgan fingerprint density at radius 3 is 1.74 bits per heavy atom. The average Bonchev–Trinajstić information content (AvgIpc) is 3.32. The highest BCUT2D eigenvalue weighted by Crippen LogP contribution is 2.40. The molecule has 0 bridgehead atoms. The van der Waals surface area contributed by atoms with Gasteiger partial charge in [0.1, 0.15) is 67.4 Å². The van der Waals surface area contributed by atoms with Crippen LogP contribution in [0.3, 0.4) is 0 Å². The van der Waals surface area contributed by atoms with E-state index in [1.54, 1.807) is 6.92 Å². The van der Waals surface area contributed by atoms with E-state index in [4.69, 9.17) is 70.7 Å². The number of hydrogen-bond donors (Lipinski definition) is 1. The largest absolute Gasteiger partial charge is 0.491 e. The van der Waals surface area contributed by atoms with Crippen LogP contribution >= 0.6 is 58.8 Å². The van der Waals surface area contributed by atoms with Crippen LogP contribution in [0.4, 0.5) is 0 Å². The molecule has 0 amide bonds. The number of nitriles is 2. The van der Waals surface area contributed by atoms with E-state index in [-0.39, 0.29) is 12.0 Å². The smallest absolute Gasteiger partial charge is 0.155 e. The summed E-state index contributed by atoms with van der Waals surface area (Å²) in [6, 6.07) is 28.0. The predicted molar refractivity (Wildman–Crippen MR) is 288 cm³/mol. The van der Waals surface area contributed by atoms with Crippen LogP contribution in [0.2, 0.25) is 5.02 Å². The number of hydrogen-bond acceptors (Lipinski definition) is 10. The monoisotopic (exact) mass is 1010 g/mol. The highest BCUT2D eigenvalue weighted by molar-refractivity contribution is 8.02. The lowest BCUT2D eigenvalue weighted by molar-refractivity contribution is 0.244. The Hall–Kier alpha value is -5.40. The first-order valence-electron chi connectivity index (χ1n) is 21.8. The Labute approximate surface area is 428 Å². The molecule has 360 valence electrons. The fourth-order valence-corrected chi connectivity index (χ4v) is 7.42. The molecule has 0 saturated carbocycles. The van der Waals surface area contributed by atoms with E-state index >= 15 is 0 Å². The first kappa shape index (κ1) is 56.9.